The third-order valence-corrected chi connectivity index (χ3v) is 4.97. The Morgan fingerprint density at radius 1 is 0.970 bits per heavy atom. The van der Waals surface area contributed by atoms with Gasteiger partial charge >= 0.3 is 12.1 Å². The molecule has 0 bridgehead atoms. The predicted octanol–water partition coefficient (Wildman–Crippen LogP) is 6.22. The summed E-state index contributed by atoms with van der Waals surface area (Å²) in [6, 6.07) is 0. The van der Waals surface area contributed by atoms with Crippen LogP contribution in [0.3, 0.4) is 0 Å². The topological polar surface area (TPSA) is 107 Å². The van der Waals surface area contributed by atoms with Crippen LogP contribution in [0.2, 0.25) is 0 Å². The molecule has 0 radical (unpaired) electrons. The SMILES string of the molecule is CC/C=C/[C@H](CCCC(=O)CC[C@H](C)/C(C)=C/C=C/C=C(C)/C=C/C=C/C(=O)O)OC(N)=O. The quantitative estimate of drug-likeness (QED) is 0.163. The second-order valence-electron chi connectivity index (χ2n) is 7.95. The summed E-state index contributed by atoms with van der Waals surface area (Å²) < 4.78 is 5.05. The van der Waals surface area contributed by atoms with Gasteiger partial charge in [0.05, 0.1) is 0 Å². The Morgan fingerprint density at radius 2 is 1.64 bits per heavy atom. The fourth-order valence-corrected chi connectivity index (χ4v) is 2.84. The first-order valence-corrected chi connectivity index (χ1v) is 11.4. The number of ether oxygens (including phenoxy) is 1. The Morgan fingerprint density at radius 3 is 2.27 bits per heavy atom. The standard InChI is InChI=1S/C27H39NO5/c1-5-6-16-25(33-27(28)32)17-11-15-24(29)20-19-23(4)22(3)14-9-7-12-21(2)13-8-10-18-26(30)31/h6-10,12-14,16,18,23,25H,5,11,15,17,19-20H2,1-4H3,(H2,28,32)(H,30,31)/b9-7+,13-8+,16-6+,18-10+,21-12+,22-14+/t23-,25+/m0/s1. The first kappa shape index (κ1) is 29.9. The van der Waals surface area contributed by atoms with Crippen molar-refractivity contribution in [1.29, 1.82) is 0 Å². The summed E-state index contributed by atoms with van der Waals surface area (Å²) in [5.41, 5.74) is 7.30. The number of carboxylic acid groups (broad SMARTS) is 1. The van der Waals surface area contributed by atoms with Crippen molar-refractivity contribution in [2.75, 3.05) is 0 Å². The highest BCUT2D eigenvalue weighted by Crippen LogP contribution is 2.18. The molecule has 0 fully saturated rings. The molecule has 0 heterocycles. The molecule has 0 aromatic heterocycles. The minimum atomic E-state index is -0.971. The van der Waals surface area contributed by atoms with Crippen LogP contribution >= 0.6 is 0 Å². The molecular formula is C27H39NO5. The summed E-state index contributed by atoms with van der Waals surface area (Å²) in [6.07, 6.45) is 20.4. The number of rotatable bonds is 16. The average Bonchev–Trinajstić information content (AvgIpc) is 2.75. The lowest BCUT2D eigenvalue weighted by molar-refractivity contribution is -0.131. The minimum absolute atomic E-state index is 0.213. The van der Waals surface area contributed by atoms with E-state index in [0.717, 1.165) is 24.5 Å². The first-order valence-electron chi connectivity index (χ1n) is 11.4. The van der Waals surface area contributed by atoms with Crippen molar-refractivity contribution in [1.82, 2.24) is 0 Å². The van der Waals surface area contributed by atoms with E-state index in [0.29, 0.717) is 31.6 Å². The van der Waals surface area contributed by atoms with Gasteiger partial charge in [-0.25, -0.2) is 9.59 Å². The molecular weight excluding hydrogens is 418 g/mol. The van der Waals surface area contributed by atoms with Crippen molar-refractivity contribution in [3.8, 4) is 0 Å². The number of hydrogen-bond acceptors (Lipinski definition) is 4. The van der Waals surface area contributed by atoms with Crippen LogP contribution in [-0.2, 0) is 14.3 Å². The lowest BCUT2D eigenvalue weighted by atomic mass is 9.94. The van der Waals surface area contributed by atoms with E-state index < -0.39 is 12.1 Å². The summed E-state index contributed by atoms with van der Waals surface area (Å²) in [7, 11) is 0. The number of carboxylic acids is 1. The Bertz CT molecular complexity index is 799. The van der Waals surface area contributed by atoms with Gasteiger partial charge in [0, 0.05) is 18.9 Å². The molecule has 1 amide bonds. The Hall–Kier alpha value is -3.15. The zero-order valence-corrected chi connectivity index (χ0v) is 20.3. The number of carbonyl (C=O) groups excluding carboxylic acids is 2. The average molecular weight is 458 g/mol. The minimum Gasteiger partial charge on any atom is -0.478 e. The van der Waals surface area contributed by atoms with Crippen molar-refractivity contribution in [2.45, 2.75) is 72.3 Å². The molecule has 182 valence electrons. The molecule has 0 aromatic rings. The molecule has 0 spiro atoms. The number of allylic oxidation sites excluding steroid dienone is 10. The molecule has 2 atom stereocenters. The maximum atomic E-state index is 12.2. The van der Waals surface area contributed by atoms with Crippen LogP contribution in [0.15, 0.2) is 71.9 Å². The highest BCUT2D eigenvalue weighted by molar-refractivity contribution is 5.80. The number of aliphatic carboxylic acids is 1. The smallest absolute Gasteiger partial charge is 0.405 e. The van der Waals surface area contributed by atoms with Crippen LogP contribution in [0.5, 0.6) is 0 Å². The van der Waals surface area contributed by atoms with Crippen molar-refractivity contribution >= 4 is 17.8 Å². The molecule has 6 nitrogen and oxygen atoms in total. The molecule has 0 rings (SSSR count). The number of ketones is 1. The van der Waals surface area contributed by atoms with Crippen molar-refractivity contribution < 1.29 is 24.2 Å². The van der Waals surface area contributed by atoms with Gasteiger partial charge in [0.15, 0.2) is 0 Å². The molecule has 0 saturated carbocycles. The van der Waals surface area contributed by atoms with Crippen LogP contribution < -0.4 is 5.73 Å². The Balaban J connectivity index is 4.41. The summed E-state index contributed by atoms with van der Waals surface area (Å²) in [6.45, 7) is 8.09. The van der Waals surface area contributed by atoms with Crippen LogP contribution in [0.1, 0.15) is 66.2 Å². The van der Waals surface area contributed by atoms with E-state index in [2.05, 4.69) is 13.8 Å². The van der Waals surface area contributed by atoms with Crippen molar-refractivity contribution in [2.24, 2.45) is 11.7 Å². The number of primary amides is 1. The van der Waals surface area contributed by atoms with Gasteiger partial charge in [-0.1, -0.05) is 73.6 Å². The second kappa shape index (κ2) is 18.4. The molecule has 33 heavy (non-hydrogen) atoms. The largest absolute Gasteiger partial charge is 0.478 e. The van der Waals surface area contributed by atoms with Crippen molar-refractivity contribution in [3.63, 3.8) is 0 Å². The van der Waals surface area contributed by atoms with Gasteiger partial charge in [0.1, 0.15) is 11.9 Å². The van der Waals surface area contributed by atoms with E-state index in [1.807, 2.05) is 56.4 Å². The lowest BCUT2D eigenvalue weighted by Gasteiger charge is -2.13. The zero-order valence-electron chi connectivity index (χ0n) is 20.3. The third-order valence-electron chi connectivity index (χ3n) is 4.97. The number of amides is 1. The lowest BCUT2D eigenvalue weighted by Crippen LogP contribution is -2.21. The predicted molar refractivity (Wildman–Crippen MR) is 134 cm³/mol. The van der Waals surface area contributed by atoms with Gasteiger partial charge in [-0.2, -0.15) is 0 Å². The van der Waals surface area contributed by atoms with Gasteiger partial charge < -0.3 is 15.6 Å². The molecule has 0 unspecified atom stereocenters. The van der Waals surface area contributed by atoms with E-state index >= 15 is 0 Å². The number of hydrogen-bond donors (Lipinski definition) is 2. The van der Waals surface area contributed by atoms with Gasteiger partial charge in [0.2, 0.25) is 0 Å². The molecule has 0 aromatic carbocycles. The number of carbonyl (C=O) groups is 3. The van der Waals surface area contributed by atoms with Gasteiger partial charge in [-0.3, -0.25) is 4.79 Å². The number of nitrogens with two attached hydrogens (primary N) is 1. The Labute approximate surface area is 198 Å². The highest BCUT2D eigenvalue weighted by atomic mass is 16.6. The highest BCUT2D eigenvalue weighted by Gasteiger charge is 2.12. The number of Topliss-reactive ketones (excluding diaryl/α,β-unsaturated/α-hetero) is 1. The van der Waals surface area contributed by atoms with E-state index in [9.17, 15) is 14.4 Å². The fourth-order valence-electron chi connectivity index (χ4n) is 2.84. The maximum absolute atomic E-state index is 12.2. The van der Waals surface area contributed by atoms with E-state index in [4.69, 9.17) is 15.6 Å². The maximum Gasteiger partial charge on any atom is 0.405 e. The molecule has 6 heteroatoms. The second-order valence-corrected chi connectivity index (χ2v) is 7.95. The van der Waals surface area contributed by atoms with E-state index in [1.165, 1.54) is 11.6 Å². The van der Waals surface area contributed by atoms with Crippen LogP contribution in [0, 0.1) is 5.92 Å². The Kier molecular flexibility index (Phi) is 16.7. The van der Waals surface area contributed by atoms with Crippen LogP contribution in [0.25, 0.3) is 0 Å². The monoisotopic (exact) mass is 457 g/mol. The molecule has 0 aliphatic rings. The van der Waals surface area contributed by atoms with Gasteiger partial charge in [-0.05, 0) is 51.5 Å². The molecule has 3 N–H and O–H groups in total. The first-order chi connectivity index (χ1) is 15.6. The third kappa shape index (κ3) is 18.2. The van der Waals surface area contributed by atoms with Crippen molar-refractivity contribution in [3.05, 3.63) is 71.9 Å². The molecule has 0 aliphatic heterocycles. The van der Waals surface area contributed by atoms with Crippen LogP contribution in [0.4, 0.5) is 4.79 Å². The van der Waals surface area contributed by atoms with Gasteiger partial charge in [0.25, 0.3) is 0 Å². The van der Waals surface area contributed by atoms with Crippen LogP contribution in [-0.4, -0.2) is 29.1 Å². The van der Waals surface area contributed by atoms with Gasteiger partial charge in [-0.15, -0.1) is 0 Å². The van der Waals surface area contributed by atoms with E-state index in [-0.39, 0.29) is 11.9 Å². The molecule has 0 saturated heterocycles. The normalized spacial score (nSPS) is 15.0. The summed E-state index contributed by atoms with van der Waals surface area (Å²) in [5, 5.41) is 8.53. The summed E-state index contributed by atoms with van der Waals surface area (Å²) in [4.78, 5) is 33.6. The summed E-state index contributed by atoms with van der Waals surface area (Å²) in [5.74, 6) is -0.464. The fraction of sp³-hybridized carbons (Fsp3) is 0.444. The summed E-state index contributed by atoms with van der Waals surface area (Å²) >= 11 is 0. The molecule has 0 aliphatic carbocycles. The van der Waals surface area contributed by atoms with E-state index in [1.54, 1.807) is 6.08 Å². The zero-order chi connectivity index (χ0) is 25.1.